The lowest BCUT2D eigenvalue weighted by Crippen LogP contribution is -2.47. The summed E-state index contributed by atoms with van der Waals surface area (Å²) in [7, 11) is 0. The lowest BCUT2D eigenvalue weighted by molar-refractivity contribution is 0.0163. The normalized spacial score (nSPS) is 25.4. The fraction of sp³-hybridized carbons (Fsp3) is 0.933. The molecule has 2 rings (SSSR count). The second-order valence-corrected chi connectivity index (χ2v) is 7.25. The molecular weight excluding hydrogens is 256 g/mol. The van der Waals surface area contributed by atoms with E-state index < -0.39 is 5.60 Å². The summed E-state index contributed by atoms with van der Waals surface area (Å²) in [5.41, 5.74) is -0.453. The van der Waals surface area contributed by atoms with Crippen LogP contribution in [0.5, 0.6) is 0 Å². The molecule has 1 amide bonds. The predicted molar refractivity (Wildman–Crippen MR) is 77.6 cm³/mol. The summed E-state index contributed by atoms with van der Waals surface area (Å²) >= 11 is 0. The molecule has 0 aromatic heterocycles. The third-order valence-electron chi connectivity index (χ3n) is 4.09. The minimum Gasteiger partial charge on any atom is -0.444 e. The first-order valence-electron chi connectivity index (χ1n) is 7.67. The molecule has 0 aromatic carbocycles. The van der Waals surface area contributed by atoms with Crippen LogP contribution in [0.15, 0.2) is 0 Å². The van der Waals surface area contributed by atoms with E-state index >= 15 is 0 Å². The van der Waals surface area contributed by atoms with Gasteiger partial charge in [-0.15, -0.1) is 0 Å². The number of aliphatic hydroxyl groups excluding tert-OH is 1. The van der Waals surface area contributed by atoms with Crippen LogP contribution in [-0.2, 0) is 4.74 Å². The van der Waals surface area contributed by atoms with Gasteiger partial charge in [0.15, 0.2) is 0 Å². The second-order valence-electron chi connectivity index (χ2n) is 7.25. The van der Waals surface area contributed by atoms with Crippen molar-refractivity contribution in [2.75, 3.05) is 26.2 Å². The Hall–Kier alpha value is -0.810. The number of nitrogens with zero attached hydrogens (tertiary/aromatic N) is 1. The van der Waals surface area contributed by atoms with Gasteiger partial charge in [0.1, 0.15) is 5.60 Å². The lowest BCUT2D eigenvalue weighted by Gasteiger charge is -2.34. The van der Waals surface area contributed by atoms with Crippen molar-refractivity contribution in [2.24, 2.45) is 5.92 Å². The fourth-order valence-corrected chi connectivity index (χ4v) is 2.63. The second kappa shape index (κ2) is 5.90. The topological polar surface area (TPSA) is 61.8 Å². The van der Waals surface area contributed by atoms with Gasteiger partial charge in [0.05, 0.1) is 6.61 Å². The number of nitrogens with one attached hydrogen (secondary N) is 1. The molecule has 1 saturated carbocycles. The molecule has 1 unspecified atom stereocenters. The van der Waals surface area contributed by atoms with Crippen molar-refractivity contribution in [3.63, 3.8) is 0 Å². The highest BCUT2D eigenvalue weighted by Crippen LogP contribution is 2.35. The first-order valence-corrected chi connectivity index (χ1v) is 7.67. The molecule has 0 aromatic rings. The maximum atomic E-state index is 12.1. The van der Waals surface area contributed by atoms with E-state index in [4.69, 9.17) is 4.74 Å². The van der Waals surface area contributed by atoms with Gasteiger partial charge in [-0.2, -0.15) is 0 Å². The summed E-state index contributed by atoms with van der Waals surface area (Å²) in [6, 6.07) is 0. The van der Waals surface area contributed by atoms with Gasteiger partial charge in [-0.25, -0.2) is 4.79 Å². The molecule has 2 N–H and O–H groups in total. The molecule has 5 heteroatoms. The van der Waals surface area contributed by atoms with Gasteiger partial charge in [-0.05, 0) is 52.4 Å². The smallest absolute Gasteiger partial charge is 0.410 e. The molecule has 1 saturated heterocycles. The first kappa shape index (κ1) is 15.6. The monoisotopic (exact) mass is 284 g/mol. The van der Waals surface area contributed by atoms with Crippen LogP contribution in [-0.4, -0.2) is 53.5 Å². The molecule has 1 aliphatic heterocycles. The highest BCUT2D eigenvalue weighted by molar-refractivity contribution is 5.68. The van der Waals surface area contributed by atoms with Gasteiger partial charge in [-0.3, -0.25) is 0 Å². The van der Waals surface area contributed by atoms with Crippen molar-refractivity contribution < 1.29 is 14.6 Å². The highest BCUT2D eigenvalue weighted by atomic mass is 16.6. The number of aliphatic hydroxyl groups is 1. The van der Waals surface area contributed by atoms with E-state index in [0.29, 0.717) is 5.92 Å². The average Bonchev–Trinajstić information content (AvgIpc) is 3.15. The number of amides is 1. The van der Waals surface area contributed by atoms with E-state index in [9.17, 15) is 9.90 Å². The number of rotatable bonds is 4. The van der Waals surface area contributed by atoms with E-state index in [1.54, 1.807) is 0 Å². The zero-order valence-corrected chi connectivity index (χ0v) is 12.9. The first-order chi connectivity index (χ1) is 9.34. The van der Waals surface area contributed by atoms with Gasteiger partial charge in [-0.1, -0.05) is 0 Å². The Labute approximate surface area is 121 Å². The van der Waals surface area contributed by atoms with Gasteiger partial charge >= 0.3 is 6.09 Å². The van der Waals surface area contributed by atoms with Gasteiger partial charge in [0, 0.05) is 25.2 Å². The molecule has 0 radical (unpaired) electrons. The predicted octanol–water partition coefficient (Wildman–Crippen LogP) is 1.75. The molecule has 5 nitrogen and oxygen atoms in total. The van der Waals surface area contributed by atoms with Crippen LogP contribution in [0.4, 0.5) is 4.79 Å². The SMILES string of the molecule is CC(C)(C)OC(=O)N1CCCC(CNC2(CO)CC2)C1. The number of carbonyl (C=O) groups excluding carboxylic acids is 1. The van der Waals surface area contributed by atoms with Crippen LogP contribution in [0.1, 0.15) is 46.5 Å². The van der Waals surface area contributed by atoms with Crippen molar-refractivity contribution >= 4 is 6.09 Å². The van der Waals surface area contributed by atoms with Crippen molar-refractivity contribution in [1.82, 2.24) is 10.2 Å². The molecular formula is C15H28N2O3. The van der Waals surface area contributed by atoms with Crippen LogP contribution in [0.3, 0.4) is 0 Å². The quantitative estimate of drug-likeness (QED) is 0.825. The van der Waals surface area contributed by atoms with Crippen LogP contribution >= 0.6 is 0 Å². The summed E-state index contributed by atoms with van der Waals surface area (Å²) in [6.45, 7) is 8.32. The number of likely N-dealkylation sites (tertiary alicyclic amines) is 1. The van der Waals surface area contributed by atoms with Crippen LogP contribution in [0.2, 0.25) is 0 Å². The average molecular weight is 284 g/mol. The third-order valence-corrected chi connectivity index (χ3v) is 4.09. The Morgan fingerprint density at radius 1 is 1.45 bits per heavy atom. The van der Waals surface area contributed by atoms with Crippen molar-refractivity contribution in [3.8, 4) is 0 Å². The number of ether oxygens (including phenoxy) is 1. The largest absolute Gasteiger partial charge is 0.444 e. The Morgan fingerprint density at radius 2 is 2.15 bits per heavy atom. The number of hydrogen-bond acceptors (Lipinski definition) is 4. The van der Waals surface area contributed by atoms with Gasteiger partial charge in [0.2, 0.25) is 0 Å². The maximum Gasteiger partial charge on any atom is 0.410 e. The number of piperidine rings is 1. The van der Waals surface area contributed by atoms with Gasteiger partial charge < -0.3 is 20.1 Å². The Bertz CT molecular complexity index is 348. The number of hydrogen-bond donors (Lipinski definition) is 2. The Balaban J connectivity index is 1.78. The van der Waals surface area contributed by atoms with E-state index in [1.165, 1.54) is 0 Å². The van der Waals surface area contributed by atoms with E-state index in [1.807, 2.05) is 25.7 Å². The van der Waals surface area contributed by atoms with Crippen molar-refractivity contribution in [3.05, 3.63) is 0 Å². The fourth-order valence-electron chi connectivity index (χ4n) is 2.63. The van der Waals surface area contributed by atoms with Crippen molar-refractivity contribution in [2.45, 2.75) is 57.6 Å². The molecule has 1 aliphatic carbocycles. The summed E-state index contributed by atoms with van der Waals surface area (Å²) in [5.74, 6) is 0.459. The van der Waals surface area contributed by atoms with Crippen molar-refractivity contribution in [1.29, 1.82) is 0 Å². The standard InChI is InChI=1S/C15H28N2O3/c1-14(2,3)20-13(19)17-8-4-5-12(10-17)9-16-15(11-18)6-7-15/h12,16,18H,4-11H2,1-3H3. The molecule has 116 valence electrons. The minimum atomic E-state index is -0.433. The zero-order chi connectivity index (χ0) is 14.8. The molecule has 0 bridgehead atoms. The van der Waals surface area contributed by atoms with E-state index in [2.05, 4.69) is 5.32 Å². The molecule has 1 heterocycles. The lowest BCUT2D eigenvalue weighted by atomic mass is 9.98. The van der Waals surface area contributed by atoms with Crippen LogP contribution in [0.25, 0.3) is 0 Å². The molecule has 2 aliphatic rings. The summed E-state index contributed by atoms with van der Waals surface area (Å²) in [6.07, 6.45) is 4.08. The molecule has 20 heavy (non-hydrogen) atoms. The van der Waals surface area contributed by atoms with E-state index in [0.717, 1.165) is 45.3 Å². The summed E-state index contributed by atoms with van der Waals surface area (Å²) < 4.78 is 5.43. The Morgan fingerprint density at radius 3 is 2.70 bits per heavy atom. The zero-order valence-electron chi connectivity index (χ0n) is 12.9. The molecule has 0 spiro atoms. The van der Waals surface area contributed by atoms with Gasteiger partial charge in [0.25, 0.3) is 0 Å². The third kappa shape index (κ3) is 4.35. The molecule has 2 fully saturated rings. The van der Waals surface area contributed by atoms with Crippen LogP contribution < -0.4 is 5.32 Å². The number of carbonyl (C=O) groups is 1. The Kier molecular flexibility index (Phi) is 4.59. The van der Waals surface area contributed by atoms with Crippen LogP contribution in [0, 0.1) is 5.92 Å². The molecule has 1 atom stereocenters. The summed E-state index contributed by atoms with van der Waals surface area (Å²) in [5, 5.41) is 12.8. The van der Waals surface area contributed by atoms with E-state index in [-0.39, 0.29) is 18.2 Å². The summed E-state index contributed by atoms with van der Waals surface area (Å²) in [4.78, 5) is 13.9. The highest BCUT2D eigenvalue weighted by Gasteiger charge is 2.42. The maximum absolute atomic E-state index is 12.1. The minimum absolute atomic E-state index is 0.0196.